The van der Waals surface area contributed by atoms with E-state index in [4.69, 9.17) is 4.98 Å². The number of carbonyl (C=O) groups excluding carboxylic acids is 1. The maximum absolute atomic E-state index is 12.5. The van der Waals surface area contributed by atoms with E-state index in [0.717, 1.165) is 42.0 Å². The van der Waals surface area contributed by atoms with Crippen LogP contribution in [0.25, 0.3) is 22.4 Å². The normalized spacial score (nSPS) is 10.9. The van der Waals surface area contributed by atoms with Gasteiger partial charge in [-0.1, -0.05) is 98.3 Å². The van der Waals surface area contributed by atoms with E-state index in [0.29, 0.717) is 11.6 Å². The van der Waals surface area contributed by atoms with Crippen LogP contribution in [0.4, 0.5) is 5.13 Å². The lowest BCUT2D eigenvalue weighted by atomic mass is 10.0. The third-order valence-corrected chi connectivity index (χ3v) is 7.64. The SMILES string of the molecule is CCCc1sc(NC(=O)CCCSCc2ccccc2)nc1-c1ccc(-c2ccccc2)cc1. The number of carbonyl (C=O) groups is 1. The van der Waals surface area contributed by atoms with Gasteiger partial charge in [-0.3, -0.25) is 4.79 Å². The summed E-state index contributed by atoms with van der Waals surface area (Å²) in [7, 11) is 0. The number of thioether (sulfide) groups is 1. The van der Waals surface area contributed by atoms with Gasteiger partial charge in [0.15, 0.2) is 5.13 Å². The number of hydrogen-bond donors (Lipinski definition) is 1. The monoisotopic (exact) mass is 486 g/mol. The molecule has 1 amide bonds. The molecule has 5 heteroatoms. The minimum absolute atomic E-state index is 0.0445. The van der Waals surface area contributed by atoms with Crippen molar-refractivity contribution in [1.29, 1.82) is 0 Å². The summed E-state index contributed by atoms with van der Waals surface area (Å²) in [4.78, 5) is 18.5. The highest BCUT2D eigenvalue weighted by atomic mass is 32.2. The van der Waals surface area contributed by atoms with Crippen LogP contribution in [0.1, 0.15) is 36.6 Å². The van der Waals surface area contributed by atoms with Crippen LogP contribution in [0, 0.1) is 0 Å². The summed E-state index contributed by atoms with van der Waals surface area (Å²) in [6.07, 6.45) is 3.39. The summed E-state index contributed by atoms with van der Waals surface area (Å²) < 4.78 is 0. The first-order chi connectivity index (χ1) is 16.7. The predicted molar refractivity (Wildman–Crippen MR) is 147 cm³/mol. The number of nitrogens with one attached hydrogen (secondary N) is 1. The highest BCUT2D eigenvalue weighted by Gasteiger charge is 2.14. The molecule has 0 fully saturated rings. The van der Waals surface area contributed by atoms with Crippen molar-refractivity contribution in [2.75, 3.05) is 11.1 Å². The summed E-state index contributed by atoms with van der Waals surface area (Å²) >= 11 is 3.47. The molecule has 0 saturated heterocycles. The molecule has 3 aromatic carbocycles. The van der Waals surface area contributed by atoms with E-state index in [9.17, 15) is 4.79 Å². The highest BCUT2D eigenvalue weighted by molar-refractivity contribution is 7.98. The van der Waals surface area contributed by atoms with Gasteiger partial charge in [0.2, 0.25) is 5.91 Å². The third-order valence-electron chi connectivity index (χ3n) is 5.49. The Kier molecular flexibility index (Phi) is 8.94. The van der Waals surface area contributed by atoms with Crippen LogP contribution in [0.2, 0.25) is 0 Å². The van der Waals surface area contributed by atoms with Gasteiger partial charge in [0.05, 0.1) is 5.69 Å². The lowest BCUT2D eigenvalue weighted by molar-refractivity contribution is -0.116. The summed E-state index contributed by atoms with van der Waals surface area (Å²) in [5.74, 6) is 2.00. The zero-order valence-corrected chi connectivity index (χ0v) is 21.1. The number of anilines is 1. The van der Waals surface area contributed by atoms with Crippen molar-refractivity contribution in [2.24, 2.45) is 0 Å². The number of aromatic nitrogens is 1. The summed E-state index contributed by atoms with van der Waals surface area (Å²) in [6, 6.07) is 29.4. The number of hydrogen-bond acceptors (Lipinski definition) is 4. The molecule has 0 aliphatic carbocycles. The van der Waals surface area contributed by atoms with Gasteiger partial charge in [0.25, 0.3) is 0 Å². The molecule has 1 N–H and O–H groups in total. The molecule has 0 saturated carbocycles. The van der Waals surface area contributed by atoms with Crippen LogP contribution >= 0.6 is 23.1 Å². The number of nitrogens with zero attached hydrogens (tertiary/aromatic N) is 1. The smallest absolute Gasteiger partial charge is 0.226 e. The second kappa shape index (κ2) is 12.5. The number of thiazole rings is 1. The van der Waals surface area contributed by atoms with Crippen molar-refractivity contribution in [3.63, 3.8) is 0 Å². The minimum Gasteiger partial charge on any atom is -0.302 e. The quantitative estimate of drug-likeness (QED) is 0.218. The molecule has 0 unspecified atom stereocenters. The topological polar surface area (TPSA) is 42.0 Å². The van der Waals surface area contributed by atoms with Crippen molar-refractivity contribution in [3.8, 4) is 22.4 Å². The largest absolute Gasteiger partial charge is 0.302 e. The molecule has 1 heterocycles. The molecule has 0 atom stereocenters. The first kappa shape index (κ1) is 24.2. The second-order valence-electron chi connectivity index (χ2n) is 8.17. The fourth-order valence-electron chi connectivity index (χ4n) is 3.76. The Balaban J connectivity index is 1.33. The van der Waals surface area contributed by atoms with Gasteiger partial charge >= 0.3 is 0 Å². The molecule has 0 radical (unpaired) electrons. The molecule has 1 aromatic heterocycles. The second-order valence-corrected chi connectivity index (χ2v) is 10.4. The van der Waals surface area contributed by atoms with Crippen LogP contribution in [0.15, 0.2) is 84.9 Å². The summed E-state index contributed by atoms with van der Waals surface area (Å²) in [5, 5.41) is 3.74. The van der Waals surface area contributed by atoms with Crippen molar-refractivity contribution in [3.05, 3.63) is 95.4 Å². The van der Waals surface area contributed by atoms with Gasteiger partial charge < -0.3 is 5.32 Å². The van der Waals surface area contributed by atoms with Crippen LogP contribution in [-0.4, -0.2) is 16.6 Å². The molecule has 0 spiro atoms. The Bertz CT molecular complexity index is 1170. The molecule has 0 aliphatic rings. The van der Waals surface area contributed by atoms with E-state index in [-0.39, 0.29) is 5.91 Å². The van der Waals surface area contributed by atoms with Gasteiger partial charge in [-0.2, -0.15) is 11.8 Å². The van der Waals surface area contributed by atoms with Gasteiger partial charge in [0, 0.05) is 22.6 Å². The zero-order chi connectivity index (χ0) is 23.6. The Hall–Kier alpha value is -2.89. The molecule has 0 bridgehead atoms. The van der Waals surface area contributed by atoms with Crippen molar-refractivity contribution in [2.45, 2.75) is 38.4 Å². The fourth-order valence-corrected chi connectivity index (χ4v) is 5.78. The average Bonchev–Trinajstić information content (AvgIpc) is 3.27. The van der Waals surface area contributed by atoms with Crippen molar-refractivity contribution < 1.29 is 4.79 Å². The Labute approximate surface area is 210 Å². The molecule has 174 valence electrons. The molecule has 3 nitrogen and oxygen atoms in total. The van der Waals surface area contributed by atoms with E-state index >= 15 is 0 Å². The maximum atomic E-state index is 12.5. The first-order valence-electron chi connectivity index (χ1n) is 11.8. The number of amides is 1. The fraction of sp³-hybridized carbons (Fsp3) is 0.241. The number of aryl methyl sites for hydroxylation is 1. The lowest BCUT2D eigenvalue weighted by Gasteiger charge is -2.05. The maximum Gasteiger partial charge on any atom is 0.226 e. The average molecular weight is 487 g/mol. The number of benzene rings is 3. The third kappa shape index (κ3) is 6.81. The standard InChI is InChI=1S/C29H30N2OS2/c1-2-10-26-28(25-18-16-24(17-19-25)23-13-7-4-8-14-23)31-29(34-26)30-27(32)15-9-20-33-21-22-11-5-3-6-12-22/h3-8,11-14,16-19H,2,9-10,15,20-21H2,1H3,(H,30,31,32). The van der Waals surface area contributed by atoms with Crippen LogP contribution in [0.3, 0.4) is 0 Å². The van der Waals surface area contributed by atoms with Crippen LogP contribution < -0.4 is 5.32 Å². The minimum atomic E-state index is 0.0445. The van der Waals surface area contributed by atoms with Crippen molar-refractivity contribution >= 4 is 34.1 Å². The molecular formula is C29H30N2OS2. The van der Waals surface area contributed by atoms with Crippen LogP contribution in [0.5, 0.6) is 0 Å². The van der Waals surface area contributed by atoms with Crippen LogP contribution in [-0.2, 0) is 17.0 Å². The van der Waals surface area contributed by atoms with E-state index in [1.165, 1.54) is 21.6 Å². The van der Waals surface area contributed by atoms with Crippen molar-refractivity contribution in [1.82, 2.24) is 4.98 Å². The Morgan fingerprint density at radius 1 is 0.882 bits per heavy atom. The number of rotatable bonds is 11. The summed E-state index contributed by atoms with van der Waals surface area (Å²) in [5.41, 5.74) is 5.80. The van der Waals surface area contributed by atoms with E-state index in [2.05, 4.69) is 85.0 Å². The predicted octanol–water partition coefficient (Wildman–Crippen LogP) is 8.08. The highest BCUT2D eigenvalue weighted by Crippen LogP contribution is 2.33. The van der Waals surface area contributed by atoms with Gasteiger partial charge in [0.1, 0.15) is 0 Å². The van der Waals surface area contributed by atoms with Gasteiger partial charge in [-0.15, -0.1) is 11.3 Å². The van der Waals surface area contributed by atoms with E-state index < -0.39 is 0 Å². The first-order valence-corrected chi connectivity index (χ1v) is 13.8. The lowest BCUT2D eigenvalue weighted by Crippen LogP contribution is -2.11. The summed E-state index contributed by atoms with van der Waals surface area (Å²) in [6.45, 7) is 2.17. The molecular weight excluding hydrogens is 456 g/mol. The molecule has 0 aliphatic heterocycles. The van der Waals surface area contributed by atoms with Gasteiger partial charge in [-0.25, -0.2) is 4.98 Å². The van der Waals surface area contributed by atoms with E-state index in [1.54, 1.807) is 11.3 Å². The Morgan fingerprint density at radius 3 is 2.24 bits per heavy atom. The molecule has 34 heavy (non-hydrogen) atoms. The molecule has 4 rings (SSSR count). The Morgan fingerprint density at radius 2 is 1.53 bits per heavy atom. The molecule has 4 aromatic rings. The zero-order valence-electron chi connectivity index (χ0n) is 19.5. The van der Waals surface area contributed by atoms with E-state index in [1.807, 2.05) is 23.9 Å². The van der Waals surface area contributed by atoms with Gasteiger partial charge in [-0.05, 0) is 35.3 Å².